The Bertz CT molecular complexity index is 553. The van der Waals surface area contributed by atoms with Gasteiger partial charge in [0.2, 0.25) is 5.91 Å². The molecule has 0 radical (unpaired) electrons. The van der Waals surface area contributed by atoms with Crippen molar-refractivity contribution in [1.29, 1.82) is 0 Å². The van der Waals surface area contributed by atoms with Gasteiger partial charge in [-0.1, -0.05) is 0 Å². The van der Waals surface area contributed by atoms with Gasteiger partial charge in [-0.15, -0.1) is 0 Å². The van der Waals surface area contributed by atoms with E-state index in [0.29, 0.717) is 0 Å². The van der Waals surface area contributed by atoms with E-state index in [0.717, 1.165) is 12.1 Å². The molecule has 0 saturated heterocycles. The zero-order valence-corrected chi connectivity index (χ0v) is 10.3. The van der Waals surface area contributed by atoms with Gasteiger partial charge in [-0.2, -0.15) is 0 Å². The molecule has 8 heteroatoms. The minimum Gasteiger partial charge on any atom is -0.502 e. The van der Waals surface area contributed by atoms with Gasteiger partial charge in [0.25, 0.3) is 5.91 Å². The van der Waals surface area contributed by atoms with Crippen LogP contribution in [0.3, 0.4) is 0 Å². The number of benzene rings is 1. The maximum Gasteiger partial charge on any atom is 0.310 e. The summed E-state index contributed by atoms with van der Waals surface area (Å²) in [6.07, 6.45) is 0. The molecule has 0 heterocycles. The molecule has 1 aromatic rings. The van der Waals surface area contributed by atoms with Crippen LogP contribution in [0.1, 0.15) is 24.2 Å². The Balaban J connectivity index is 2.99. The lowest BCUT2D eigenvalue weighted by molar-refractivity contribution is -0.385. The Labute approximate surface area is 108 Å². The fraction of sp³-hybridized carbons (Fsp3) is 0.273. The number of nitro benzene ring substituents is 1. The van der Waals surface area contributed by atoms with Crippen LogP contribution in [0.5, 0.6) is 5.75 Å². The van der Waals surface area contributed by atoms with E-state index < -0.39 is 33.7 Å². The highest BCUT2D eigenvalue weighted by Crippen LogP contribution is 2.26. The van der Waals surface area contributed by atoms with Crippen LogP contribution >= 0.6 is 0 Å². The van der Waals surface area contributed by atoms with Gasteiger partial charge in [-0.25, -0.2) is 0 Å². The van der Waals surface area contributed by atoms with Crippen molar-refractivity contribution in [2.75, 3.05) is 0 Å². The van der Waals surface area contributed by atoms with Gasteiger partial charge in [0, 0.05) is 11.6 Å². The molecule has 0 saturated carbocycles. The number of amides is 2. The lowest BCUT2D eigenvalue weighted by atomic mass is 10.0. The first-order chi connectivity index (χ1) is 8.65. The minimum absolute atomic E-state index is 0.0163. The summed E-state index contributed by atoms with van der Waals surface area (Å²) >= 11 is 0. The number of rotatable bonds is 4. The van der Waals surface area contributed by atoms with E-state index in [-0.39, 0.29) is 5.56 Å². The minimum atomic E-state index is -1.27. The second-order valence-electron chi connectivity index (χ2n) is 4.40. The molecule has 4 N–H and O–H groups in total. The molecular formula is C11H13N3O5. The molecular weight excluding hydrogens is 254 g/mol. The molecule has 0 aliphatic carbocycles. The maximum absolute atomic E-state index is 11.8. The third-order valence-electron chi connectivity index (χ3n) is 2.48. The fourth-order valence-corrected chi connectivity index (χ4v) is 1.24. The summed E-state index contributed by atoms with van der Waals surface area (Å²) in [5.74, 6) is -2.03. The molecule has 0 unspecified atom stereocenters. The highest BCUT2D eigenvalue weighted by atomic mass is 16.6. The number of phenols is 1. The monoisotopic (exact) mass is 267 g/mol. The predicted octanol–water partition coefficient (Wildman–Crippen LogP) is 0.294. The molecule has 2 amide bonds. The highest BCUT2D eigenvalue weighted by Gasteiger charge is 2.28. The lowest BCUT2D eigenvalue weighted by Gasteiger charge is -2.22. The molecule has 0 atom stereocenters. The molecule has 0 spiro atoms. The van der Waals surface area contributed by atoms with Gasteiger partial charge >= 0.3 is 5.69 Å². The first-order valence-corrected chi connectivity index (χ1v) is 5.25. The highest BCUT2D eigenvalue weighted by molar-refractivity contribution is 5.99. The molecule has 0 aliphatic rings. The third kappa shape index (κ3) is 3.18. The quantitative estimate of drug-likeness (QED) is 0.532. The Kier molecular flexibility index (Phi) is 3.74. The van der Waals surface area contributed by atoms with Crippen LogP contribution in [0.25, 0.3) is 0 Å². The summed E-state index contributed by atoms with van der Waals surface area (Å²) in [4.78, 5) is 32.6. The van der Waals surface area contributed by atoms with E-state index in [9.17, 15) is 24.8 Å². The number of phenolic OH excluding ortho intramolecular Hbond substituents is 1. The van der Waals surface area contributed by atoms with Gasteiger partial charge in [-0.05, 0) is 26.0 Å². The molecule has 1 aromatic carbocycles. The smallest absolute Gasteiger partial charge is 0.310 e. The normalized spacial score (nSPS) is 10.8. The van der Waals surface area contributed by atoms with Gasteiger partial charge in [0.1, 0.15) is 5.54 Å². The zero-order chi connectivity index (χ0) is 14.8. The number of primary amides is 1. The van der Waals surface area contributed by atoms with Crippen molar-refractivity contribution in [2.45, 2.75) is 19.4 Å². The fourth-order valence-electron chi connectivity index (χ4n) is 1.24. The predicted molar refractivity (Wildman–Crippen MR) is 65.5 cm³/mol. The average molecular weight is 267 g/mol. The second kappa shape index (κ2) is 4.92. The summed E-state index contributed by atoms with van der Waals surface area (Å²) in [5.41, 5.74) is 3.30. The Morgan fingerprint density at radius 1 is 1.42 bits per heavy atom. The molecule has 0 aliphatic heterocycles. The van der Waals surface area contributed by atoms with Crippen LogP contribution in [-0.4, -0.2) is 27.4 Å². The van der Waals surface area contributed by atoms with Crippen LogP contribution in [-0.2, 0) is 4.79 Å². The number of carbonyl (C=O) groups is 2. The largest absolute Gasteiger partial charge is 0.502 e. The number of nitrogens with two attached hydrogens (primary N) is 1. The van der Waals surface area contributed by atoms with Crippen molar-refractivity contribution < 1.29 is 19.6 Å². The van der Waals surface area contributed by atoms with Crippen LogP contribution < -0.4 is 11.1 Å². The Morgan fingerprint density at radius 3 is 2.42 bits per heavy atom. The van der Waals surface area contributed by atoms with Crippen LogP contribution in [0, 0.1) is 10.1 Å². The van der Waals surface area contributed by atoms with Gasteiger partial charge in [0.15, 0.2) is 5.75 Å². The number of carbonyl (C=O) groups excluding carboxylic acids is 2. The third-order valence-corrected chi connectivity index (χ3v) is 2.48. The zero-order valence-electron chi connectivity index (χ0n) is 10.3. The SMILES string of the molecule is CC(C)(NC(=O)c1ccc([N+](=O)[O-])c(O)c1)C(N)=O. The van der Waals surface area contributed by atoms with Crippen molar-refractivity contribution in [2.24, 2.45) is 5.73 Å². The first-order valence-electron chi connectivity index (χ1n) is 5.25. The number of nitrogens with one attached hydrogen (secondary N) is 1. The van der Waals surface area contributed by atoms with Crippen molar-refractivity contribution in [3.63, 3.8) is 0 Å². The summed E-state index contributed by atoms with van der Waals surface area (Å²) < 4.78 is 0. The van der Waals surface area contributed by atoms with E-state index in [4.69, 9.17) is 5.73 Å². The van der Waals surface area contributed by atoms with Gasteiger partial charge in [-0.3, -0.25) is 19.7 Å². The Hall–Kier alpha value is -2.64. The summed E-state index contributed by atoms with van der Waals surface area (Å²) in [6.45, 7) is 2.83. The standard InChI is InChI=1S/C11H13N3O5/c1-11(2,10(12)17)13-9(16)6-3-4-7(14(18)19)8(15)5-6/h3-5,15H,1-2H3,(H2,12,17)(H,13,16). The summed E-state index contributed by atoms with van der Waals surface area (Å²) in [7, 11) is 0. The second-order valence-corrected chi connectivity index (χ2v) is 4.40. The van der Waals surface area contributed by atoms with E-state index in [1.165, 1.54) is 19.9 Å². The van der Waals surface area contributed by atoms with E-state index in [2.05, 4.69) is 5.32 Å². The van der Waals surface area contributed by atoms with Gasteiger partial charge in [0.05, 0.1) is 4.92 Å². The molecule has 0 bridgehead atoms. The van der Waals surface area contributed by atoms with Crippen molar-refractivity contribution in [1.82, 2.24) is 5.32 Å². The van der Waals surface area contributed by atoms with Crippen LogP contribution in [0.15, 0.2) is 18.2 Å². The van der Waals surface area contributed by atoms with E-state index >= 15 is 0 Å². The average Bonchev–Trinajstić information content (AvgIpc) is 2.27. The number of hydrogen-bond donors (Lipinski definition) is 3. The Morgan fingerprint density at radius 2 is 2.00 bits per heavy atom. The number of aromatic hydroxyl groups is 1. The maximum atomic E-state index is 11.8. The molecule has 0 fully saturated rings. The molecule has 102 valence electrons. The van der Waals surface area contributed by atoms with E-state index in [1.807, 2.05) is 0 Å². The first kappa shape index (κ1) is 14.4. The van der Waals surface area contributed by atoms with Crippen molar-refractivity contribution >= 4 is 17.5 Å². The number of nitrogens with zero attached hydrogens (tertiary/aromatic N) is 1. The summed E-state index contributed by atoms with van der Waals surface area (Å²) in [6, 6.07) is 3.12. The number of hydrogen-bond acceptors (Lipinski definition) is 5. The lowest BCUT2D eigenvalue weighted by Crippen LogP contribution is -2.52. The van der Waals surface area contributed by atoms with Crippen LogP contribution in [0.2, 0.25) is 0 Å². The van der Waals surface area contributed by atoms with E-state index in [1.54, 1.807) is 0 Å². The number of nitro groups is 1. The topological polar surface area (TPSA) is 136 Å². The van der Waals surface area contributed by atoms with Crippen molar-refractivity contribution in [3.8, 4) is 5.75 Å². The van der Waals surface area contributed by atoms with Crippen molar-refractivity contribution in [3.05, 3.63) is 33.9 Å². The molecule has 0 aromatic heterocycles. The molecule has 8 nitrogen and oxygen atoms in total. The molecule has 19 heavy (non-hydrogen) atoms. The molecule has 1 rings (SSSR count). The van der Waals surface area contributed by atoms with Gasteiger partial charge < -0.3 is 16.2 Å². The summed E-state index contributed by atoms with van der Waals surface area (Å²) in [5, 5.41) is 22.3. The van der Waals surface area contributed by atoms with Crippen LogP contribution in [0.4, 0.5) is 5.69 Å².